The van der Waals surface area contributed by atoms with Gasteiger partial charge in [0.25, 0.3) is 0 Å². The van der Waals surface area contributed by atoms with Crippen molar-refractivity contribution < 1.29 is 14.3 Å². The number of hydrogen-bond acceptors (Lipinski definition) is 6. The summed E-state index contributed by atoms with van der Waals surface area (Å²) in [6, 6.07) is 14.0. The summed E-state index contributed by atoms with van der Waals surface area (Å²) < 4.78 is 14.7. The Morgan fingerprint density at radius 2 is 2.00 bits per heavy atom. The standard InChI is InChI=1S/C26H28N4O3S/c1-4-6-13-33-20-12-11-17(14-21(20)32-5-2)18-15-23(31)28-25-24(18)16(3)29-30(25)26-27-19-9-7-8-10-22(19)34-26/h7-12,14,18H,4-6,13,15H2,1-3H3,(H,28,31). The van der Waals surface area contributed by atoms with Crippen LogP contribution in [0.1, 0.15) is 55.8 Å². The maximum Gasteiger partial charge on any atom is 0.226 e. The van der Waals surface area contributed by atoms with Crippen molar-refractivity contribution in [1.82, 2.24) is 14.8 Å². The molecule has 2 aromatic carbocycles. The topological polar surface area (TPSA) is 78.3 Å². The molecule has 0 aliphatic carbocycles. The predicted octanol–water partition coefficient (Wildman–Crippen LogP) is 5.84. The van der Waals surface area contributed by atoms with Gasteiger partial charge in [-0.3, -0.25) is 4.79 Å². The van der Waals surface area contributed by atoms with Crippen LogP contribution < -0.4 is 14.8 Å². The van der Waals surface area contributed by atoms with E-state index in [1.165, 1.54) is 0 Å². The van der Waals surface area contributed by atoms with Crippen LogP contribution in [-0.2, 0) is 4.79 Å². The van der Waals surface area contributed by atoms with Gasteiger partial charge < -0.3 is 14.8 Å². The fourth-order valence-corrected chi connectivity index (χ4v) is 5.30. The molecule has 0 saturated carbocycles. The van der Waals surface area contributed by atoms with Gasteiger partial charge in [0.2, 0.25) is 11.0 Å². The van der Waals surface area contributed by atoms with E-state index in [1.807, 2.05) is 56.3 Å². The first kappa shape index (κ1) is 22.4. The Morgan fingerprint density at radius 1 is 1.15 bits per heavy atom. The molecule has 4 aromatic rings. The molecule has 0 radical (unpaired) electrons. The minimum absolute atomic E-state index is 0.0407. The minimum Gasteiger partial charge on any atom is -0.490 e. The lowest BCUT2D eigenvalue weighted by Gasteiger charge is -2.25. The van der Waals surface area contributed by atoms with Gasteiger partial charge in [-0.1, -0.05) is 42.9 Å². The van der Waals surface area contributed by atoms with Crippen LogP contribution in [-0.4, -0.2) is 33.9 Å². The number of hydrogen-bond donors (Lipinski definition) is 1. The molecule has 7 nitrogen and oxygen atoms in total. The Kier molecular flexibility index (Phi) is 6.24. The number of aryl methyl sites for hydroxylation is 1. The van der Waals surface area contributed by atoms with E-state index in [-0.39, 0.29) is 11.8 Å². The molecule has 0 fully saturated rings. The van der Waals surface area contributed by atoms with Gasteiger partial charge in [0, 0.05) is 17.9 Å². The molecule has 1 atom stereocenters. The first-order valence-corrected chi connectivity index (χ1v) is 12.6. The molecule has 5 rings (SSSR count). The van der Waals surface area contributed by atoms with Gasteiger partial charge >= 0.3 is 0 Å². The third-order valence-electron chi connectivity index (χ3n) is 5.99. The van der Waals surface area contributed by atoms with Crippen LogP contribution in [0.2, 0.25) is 0 Å². The fourth-order valence-electron chi connectivity index (χ4n) is 4.38. The maximum atomic E-state index is 12.8. The van der Waals surface area contributed by atoms with Crippen LogP contribution in [0.5, 0.6) is 11.5 Å². The molecule has 1 amide bonds. The van der Waals surface area contributed by atoms with Gasteiger partial charge in [-0.05, 0) is 50.1 Å². The summed E-state index contributed by atoms with van der Waals surface area (Å²) in [5.74, 6) is 1.97. The lowest BCUT2D eigenvalue weighted by Crippen LogP contribution is -2.25. The highest BCUT2D eigenvalue weighted by Crippen LogP contribution is 2.43. The van der Waals surface area contributed by atoms with E-state index in [0.717, 1.165) is 50.8 Å². The normalized spacial score (nSPS) is 15.3. The predicted molar refractivity (Wildman–Crippen MR) is 135 cm³/mol. The molecule has 1 unspecified atom stereocenters. The quantitative estimate of drug-likeness (QED) is 0.323. The monoisotopic (exact) mass is 476 g/mol. The lowest BCUT2D eigenvalue weighted by molar-refractivity contribution is -0.116. The van der Waals surface area contributed by atoms with Crippen LogP contribution in [0.25, 0.3) is 15.3 Å². The number of carbonyl (C=O) groups is 1. The Labute approximate surface area is 202 Å². The van der Waals surface area contributed by atoms with Crippen LogP contribution in [0.3, 0.4) is 0 Å². The zero-order valence-electron chi connectivity index (χ0n) is 19.6. The van der Waals surface area contributed by atoms with Gasteiger partial charge in [-0.15, -0.1) is 0 Å². The Bertz CT molecular complexity index is 1310. The maximum absolute atomic E-state index is 12.8. The molecule has 1 N–H and O–H groups in total. The number of rotatable bonds is 8. The number of thiazole rings is 1. The molecule has 176 valence electrons. The third-order valence-corrected chi connectivity index (χ3v) is 7.00. The molecule has 0 bridgehead atoms. The summed E-state index contributed by atoms with van der Waals surface area (Å²) in [4.78, 5) is 17.5. The largest absolute Gasteiger partial charge is 0.490 e. The van der Waals surface area contributed by atoms with E-state index < -0.39 is 0 Å². The first-order valence-electron chi connectivity index (χ1n) is 11.7. The summed E-state index contributed by atoms with van der Waals surface area (Å²) in [5, 5.41) is 8.57. The first-order chi connectivity index (χ1) is 16.6. The molecule has 1 aliphatic heterocycles. The van der Waals surface area contributed by atoms with Crippen molar-refractivity contribution in [2.75, 3.05) is 18.5 Å². The molecular formula is C26H28N4O3S. The average Bonchev–Trinajstić information content (AvgIpc) is 3.40. The molecule has 8 heteroatoms. The molecule has 1 aliphatic rings. The number of benzene rings is 2. The number of carbonyl (C=O) groups excluding carboxylic acids is 1. The third kappa shape index (κ3) is 4.14. The van der Waals surface area contributed by atoms with E-state index in [0.29, 0.717) is 31.2 Å². The smallest absolute Gasteiger partial charge is 0.226 e. The fraction of sp³-hybridized carbons (Fsp3) is 0.346. The number of amides is 1. The van der Waals surface area contributed by atoms with E-state index in [4.69, 9.17) is 19.6 Å². The van der Waals surface area contributed by atoms with Crippen molar-refractivity contribution in [1.29, 1.82) is 0 Å². The SMILES string of the molecule is CCCCOc1ccc(C2CC(=O)Nc3c2c(C)nn3-c2nc3ccccc3s2)cc1OCC. The minimum atomic E-state index is -0.129. The summed E-state index contributed by atoms with van der Waals surface area (Å²) >= 11 is 1.56. The van der Waals surface area contributed by atoms with Crippen molar-refractivity contribution in [2.24, 2.45) is 0 Å². The van der Waals surface area contributed by atoms with Gasteiger partial charge in [-0.25, -0.2) is 4.98 Å². The van der Waals surface area contributed by atoms with E-state index in [1.54, 1.807) is 16.0 Å². The number of unbranched alkanes of at least 4 members (excludes halogenated alkanes) is 1. The molecule has 3 heterocycles. The number of anilines is 1. The molecule has 0 saturated heterocycles. The Balaban J connectivity index is 1.55. The zero-order valence-corrected chi connectivity index (χ0v) is 20.4. The van der Waals surface area contributed by atoms with E-state index in [9.17, 15) is 4.79 Å². The van der Waals surface area contributed by atoms with Gasteiger partial charge in [0.05, 0.1) is 29.1 Å². The van der Waals surface area contributed by atoms with Crippen molar-refractivity contribution in [2.45, 2.75) is 46.0 Å². The molecular weight excluding hydrogens is 448 g/mol. The number of nitrogens with one attached hydrogen (secondary N) is 1. The summed E-state index contributed by atoms with van der Waals surface area (Å²) in [5.41, 5.74) is 3.82. The Morgan fingerprint density at radius 3 is 2.79 bits per heavy atom. The molecule has 34 heavy (non-hydrogen) atoms. The van der Waals surface area contributed by atoms with Crippen LogP contribution in [0.15, 0.2) is 42.5 Å². The zero-order chi connectivity index (χ0) is 23.7. The second kappa shape index (κ2) is 9.46. The second-order valence-electron chi connectivity index (χ2n) is 8.37. The number of ether oxygens (including phenoxy) is 2. The van der Waals surface area contributed by atoms with Crippen molar-refractivity contribution in [3.63, 3.8) is 0 Å². The van der Waals surface area contributed by atoms with Crippen molar-refractivity contribution >= 4 is 33.3 Å². The summed E-state index contributed by atoms with van der Waals surface area (Å²) in [6.45, 7) is 7.27. The number of nitrogens with zero attached hydrogens (tertiary/aromatic N) is 3. The highest BCUT2D eigenvalue weighted by molar-refractivity contribution is 7.20. The molecule has 0 spiro atoms. The van der Waals surface area contributed by atoms with E-state index in [2.05, 4.69) is 12.2 Å². The van der Waals surface area contributed by atoms with Crippen molar-refractivity contribution in [3.8, 4) is 16.6 Å². The lowest BCUT2D eigenvalue weighted by atomic mass is 9.85. The van der Waals surface area contributed by atoms with Gasteiger partial charge in [0.1, 0.15) is 5.82 Å². The average molecular weight is 477 g/mol. The van der Waals surface area contributed by atoms with Crippen molar-refractivity contribution in [3.05, 3.63) is 59.3 Å². The second-order valence-corrected chi connectivity index (χ2v) is 9.38. The highest BCUT2D eigenvalue weighted by atomic mass is 32.1. The Hall–Kier alpha value is -3.39. The van der Waals surface area contributed by atoms with Gasteiger partial charge in [0.15, 0.2) is 11.5 Å². The number of aromatic nitrogens is 3. The van der Waals surface area contributed by atoms with Crippen LogP contribution in [0, 0.1) is 6.92 Å². The molecule has 2 aromatic heterocycles. The summed E-state index contributed by atoms with van der Waals surface area (Å²) in [7, 11) is 0. The highest BCUT2D eigenvalue weighted by Gasteiger charge is 2.33. The van der Waals surface area contributed by atoms with Gasteiger partial charge in [-0.2, -0.15) is 9.78 Å². The number of para-hydroxylation sites is 1. The summed E-state index contributed by atoms with van der Waals surface area (Å²) in [6.07, 6.45) is 2.41. The number of fused-ring (bicyclic) bond motifs is 2. The van der Waals surface area contributed by atoms with E-state index >= 15 is 0 Å². The van der Waals surface area contributed by atoms with Crippen LogP contribution >= 0.6 is 11.3 Å². The van der Waals surface area contributed by atoms with Crippen LogP contribution in [0.4, 0.5) is 5.82 Å².